The Bertz CT molecular complexity index is 1370. The quantitative estimate of drug-likeness (QED) is 0.467. The summed E-state index contributed by atoms with van der Waals surface area (Å²) in [6.45, 7) is 1.27. The lowest BCUT2D eigenvalue weighted by Crippen LogP contribution is -2.39. The number of rotatable bonds is 6. The number of aromatic nitrogens is 2. The van der Waals surface area contributed by atoms with Gasteiger partial charge in [0.15, 0.2) is 0 Å². The molecule has 3 aromatic rings. The molecule has 0 spiro atoms. The fourth-order valence-electron chi connectivity index (χ4n) is 3.93. The summed E-state index contributed by atoms with van der Waals surface area (Å²) in [4.78, 5) is 54.0. The molecule has 2 aromatic carbocycles. The third-order valence-electron chi connectivity index (χ3n) is 5.56. The molecule has 11 heteroatoms. The van der Waals surface area contributed by atoms with Crippen LogP contribution in [-0.4, -0.2) is 53.0 Å². The summed E-state index contributed by atoms with van der Waals surface area (Å²) < 4.78 is 6.60. The van der Waals surface area contributed by atoms with Crippen LogP contribution in [0.25, 0.3) is 10.9 Å². The number of anilines is 2. The van der Waals surface area contributed by atoms with Crippen molar-refractivity contribution >= 4 is 46.0 Å². The number of aromatic amines is 1. The molecule has 0 aliphatic carbocycles. The van der Waals surface area contributed by atoms with Crippen LogP contribution in [0, 0.1) is 0 Å². The average molecular weight is 468 g/mol. The molecular formula is C22H21N5O5S. The van der Waals surface area contributed by atoms with Gasteiger partial charge in [0.05, 0.1) is 28.9 Å². The van der Waals surface area contributed by atoms with Crippen LogP contribution in [0.3, 0.4) is 0 Å². The van der Waals surface area contributed by atoms with Gasteiger partial charge in [-0.3, -0.25) is 19.1 Å². The maximum absolute atomic E-state index is 12.6. The fraction of sp³-hybridized carbons (Fsp3) is 0.273. The van der Waals surface area contributed by atoms with E-state index in [1.807, 2.05) is 12.1 Å². The predicted molar refractivity (Wildman–Crippen MR) is 125 cm³/mol. The summed E-state index contributed by atoms with van der Waals surface area (Å²) in [6, 6.07) is 12.4. The summed E-state index contributed by atoms with van der Waals surface area (Å²) in [5.74, 6) is 0.309. The summed E-state index contributed by atoms with van der Waals surface area (Å²) >= 11 is 1.46. The first-order valence-electron chi connectivity index (χ1n) is 10.5. The highest BCUT2D eigenvalue weighted by atomic mass is 32.2. The molecule has 1 saturated heterocycles. The van der Waals surface area contributed by atoms with E-state index >= 15 is 0 Å². The first kappa shape index (κ1) is 21.3. The summed E-state index contributed by atoms with van der Waals surface area (Å²) in [5, 5.41) is 6.43. The molecule has 1 fully saturated rings. The molecule has 0 saturated carbocycles. The number of H-pyrrole nitrogens is 1. The van der Waals surface area contributed by atoms with Gasteiger partial charge in [-0.1, -0.05) is 12.1 Å². The second kappa shape index (κ2) is 8.75. The average Bonchev–Trinajstić information content (AvgIpc) is 3.18. The van der Waals surface area contributed by atoms with Crippen LogP contribution in [0.5, 0.6) is 0 Å². The Hall–Kier alpha value is -3.57. The highest BCUT2D eigenvalue weighted by Gasteiger charge is 2.32. The molecule has 2 aliphatic heterocycles. The lowest BCUT2D eigenvalue weighted by molar-refractivity contribution is -0.113. The Balaban J connectivity index is 1.19. The maximum Gasteiger partial charge on any atom is 0.414 e. The van der Waals surface area contributed by atoms with Crippen molar-refractivity contribution in [2.24, 2.45) is 0 Å². The molecule has 1 aromatic heterocycles. The van der Waals surface area contributed by atoms with Gasteiger partial charge in [-0.2, -0.15) is 0 Å². The number of thioether (sulfide) groups is 1. The second-order valence-corrected chi connectivity index (χ2v) is 8.79. The van der Waals surface area contributed by atoms with E-state index in [-0.39, 0.29) is 24.1 Å². The summed E-state index contributed by atoms with van der Waals surface area (Å²) in [6.07, 6.45) is -0.845. The molecule has 1 atom stereocenters. The topological polar surface area (TPSA) is 126 Å². The van der Waals surface area contributed by atoms with Crippen molar-refractivity contribution in [1.29, 1.82) is 0 Å². The SMILES string of the molecule is O=C1CSc2ccc(N3C[C@@H](CNCCn4c(=O)[nH]c5ccccc5c4=O)OC3=O)cc2N1. The molecule has 0 bridgehead atoms. The number of fused-ring (bicyclic) bond motifs is 2. The van der Waals surface area contributed by atoms with E-state index in [1.165, 1.54) is 16.7 Å². The van der Waals surface area contributed by atoms with Gasteiger partial charge in [0.1, 0.15) is 6.10 Å². The van der Waals surface area contributed by atoms with Gasteiger partial charge in [-0.15, -0.1) is 11.8 Å². The first-order valence-corrected chi connectivity index (χ1v) is 11.5. The zero-order valence-corrected chi connectivity index (χ0v) is 18.3. The van der Waals surface area contributed by atoms with E-state index in [0.717, 1.165) is 9.46 Å². The van der Waals surface area contributed by atoms with Crippen molar-refractivity contribution in [3.63, 3.8) is 0 Å². The van der Waals surface area contributed by atoms with E-state index in [9.17, 15) is 19.2 Å². The van der Waals surface area contributed by atoms with Crippen molar-refractivity contribution < 1.29 is 14.3 Å². The smallest absolute Gasteiger partial charge is 0.414 e. The number of cyclic esters (lactones) is 1. The molecule has 2 amide bonds. The number of hydrogen-bond donors (Lipinski definition) is 3. The molecule has 5 rings (SSSR count). The molecule has 3 N–H and O–H groups in total. The monoisotopic (exact) mass is 467 g/mol. The molecule has 0 radical (unpaired) electrons. The largest absolute Gasteiger partial charge is 0.443 e. The number of para-hydroxylation sites is 1. The number of nitrogens with one attached hydrogen (secondary N) is 3. The minimum absolute atomic E-state index is 0.0694. The number of amides is 2. The number of carbonyl (C=O) groups excluding carboxylic acids is 2. The minimum Gasteiger partial charge on any atom is -0.443 e. The summed E-state index contributed by atoms with van der Waals surface area (Å²) in [7, 11) is 0. The van der Waals surface area contributed by atoms with Crippen LogP contribution < -0.4 is 26.8 Å². The Morgan fingerprint density at radius 1 is 1.12 bits per heavy atom. The van der Waals surface area contributed by atoms with Crippen molar-refractivity contribution in [2.45, 2.75) is 17.5 Å². The van der Waals surface area contributed by atoms with Crippen molar-refractivity contribution in [3.05, 3.63) is 63.3 Å². The van der Waals surface area contributed by atoms with E-state index in [2.05, 4.69) is 15.6 Å². The van der Waals surface area contributed by atoms with Crippen LogP contribution in [0.15, 0.2) is 56.9 Å². The molecule has 3 heterocycles. The highest BCUT2D eigenvalue weighted by Crippen LogP contribution is 2.35. The maximum atomic E-state index is 12.6. The molecular weight excluding hydrogens is 446 g/mol. The van der Waals surface area contributed by atoms with Crippen LogP contribution in [-0.2, 0) is 16.1 Å². The molecule has 2 aliphatic rings. The van der Waals surface area contributed by atoms with Crippen LogP contribution in [0.1, 0.15) is 0 Å². The molecule has 33 heavy (non-hydrogen) atoms. The van der Waals surface area contributed by atoms with Gasteiger partial charge < -0.3 is 20.4 Å². The Morgan fingerprint density at radius 2 is 1.97 bits per heavy atom. The number of carbonyl (C=O) groups is 2. The van der Waals surface area contributed by atoms with E-state index in [4.69, 9.17) is 4.74 Å². The van der Waals surface area contributed by atoms with E-state index < -0.39 is 11.8 Å². The minimum atomic E-state index is -0.461. The lowest BCUT2D eigenvalue weighted by atomic mass is 10.2. The number of ether oxygens (including phenoxy) is 1. The number of nitrogens with zero attached hydrogens (tertiary/aromatic N) is 2. The van der Waals surface area contributed by atoms with Gasteiger partial charge >= 0.3 is 11.8 Å². The van der Waals surface area contributed by atoms with E-state index in [0.29, 0.717) is 47.7 Å². The number of benzene rings is 2. The Kier molecular flexibility index (Phi) is 5.65. The number of hydrogen-bond acceptors (Lipinski definition) is 7. The van der Waals surface area contributed by atoms with Crippen LogP contribution in [0.4, 0.5) is 16.2 Å². The normalized spacial score (nSPS) is 17.7. The zero-order valence-electron chi connectivity index (χ0n) is 17.5. The molecule has 0 unspecified atom stereocenters. The van der Waals surface area contributed by atoms with Gasteiger partial charge in [-0.25, -0.2) is 9.59 Å². The first-order chi connectivity index (χ1) is 16.0. The predicted octanol–water partition coefficient (Wildman–Crippen LogP) is 1.35. The standard InChI is InChI=1S/C22H21N5O5S/c28-19-12-33-18-6-5-13(9-17(18)24-19)27-11-14(32-22(27)31)10-23-7-8-26-20(29)15-3-1-2-4-16(15)25-21(26)30/h1-6,9,14,23H,7-8,10-12H2,(H,24,28)(H,25,30)/t14-/m1/s1. The summed E-state index contributed by atoms with van der Waals surface area (Å²) in [5.41, 5.74) is 1.05. The van der Waals surface area contributed by atoms with Crippen molar-refractivity contribution in [2.75, 3.05) is 35.6 Å². The molecule has 170 valence electrons. The third kappa shape index (κ3) is 4.24. The van der Waals surface area contributed by atoms with Crippen molar-refractivity contribution in [3.8, 4) is 0 Å². The van der Waals surface area contributed by atoms with Crippen LogP contribution >= 0.6 is 11.8 Å². The van der Waals surface area contributed by atoms with Gasteiger partial charge in [0.25, 0.3) is 5.56 Å². The fourth-order valence-corrected chi connectivity index (χ4v) is 4.72. The van der Waals surface area contributed by atoms with Gasteiger partial charge in [0.2, 0.25) is 5.91 Å². The second-order valence-electron chi connectivity index (χ2n) is 7.77. The van der Waals surface area contributed by atoms with Gasteiger partial charge in [0, 0.05) is 30.2 Å². The Labute approximate surface area is 191 Å². The third-order valence-corrected chi connectivity index (χ3v) is 6.63. The van der Waals surface area contributed by atoms with Crippen LogP contribution in [0.2, 0.25) is 0 Å². The van der Waals surface area contributed by atoms with Gasteiger partial charge in [-0.05, 0) is 30.3 Å². The highest BCUT2D eigenvalue weighted by molar-refractivity contribution is 8.00. The van der Waals surface area contributed by atoms with Crippen molar-refractivity contribution in [1.82, 2.24) is 14.9 Å². The Morgan fingerprint density at radius 3 is 2.85 bits per heavy atom. The zero-order chi connectivity index (χ0) is 22.9. The lowest BCUT2D eigenvalue weighted by Gasteiger charge is -2.20. The van der Waals surface area contributed by atoms with E-state index in [1.54, 1.807) is 30.3 Å². The molecule has 10 nitrogen and oxygen atoms in total.